The van der Waals surface area contributed by atoms with Gasteiger partial charge in [-0.1, -0.05) is 0 Å². The Kier molecular flexibility index (Phi) is 3.66. The predicted molar refractivity (Wildman–Crippen MR) is 73.8 cm³/mol. The maximum Gasteiger partial charge on any atom is 0.416 e. The molecule has 1 aromatic carbocycles. The highest BCUT2D eigenvalue weighted by atomic mass is 19.4. The van der Waals surface area contributed by atoms with E-state index in [9.17, 15) is 23.3 Å². The van der Waals surface area contributed by atoms with Crippen LogP contribution in [0.5, 0.6) is 0 Å². The Labute approximate surface area is 128 Å². The zero-order valence-corrected chi connectivity index (χ0v) is 11.7. The molecule has 1 aliphatic rings. The molecule has 1 saturated heterocycles. The van der Waals surface area contributed by atoms with Crippen molar-refractivity contribution in [2.45, 2.75) is 25.1 Å². The number of nitrogens with one attached hydrogen (secondary N) is 1. The molecule has 1 aromatic heterocycles. The average molecular weight is 327 g/mol. The summed E-state index contributed by atoms with van der Waals surface area (Å²) in [4.78, 5) is 16.2. The third-order valence-corrected chi connectivity index (χ3v) is 3.81. The maximum atomic E-state index is 12.8. The molecular weight excluding hydrogens is 315 g/mol. The third kappa shape index (κ3) is 2.83. The number of nitrogens with zero attached hydrogens (tertiary/aromatic N) is 4. The SMILES string of the molecule is O=[N+]([O-])c1cc(C(F)(F)F)ccc1N1CCCC1c1ncn[nH]1. The molecule has 1 aliphatic heterocycles. The van der Waals surface area contributed by atoms with E-state index in [1.807, 2.05) is 0 Å². The van der Waals surface area contributed by atoms with Crippen molar-refractivity contribution >= 4 is 11.4 Å². The van der Waals surface area contributed by atoms with Crippen LogP contribution in [0.2, 0.25) is 0 Å². The molecule has 122 valence electrons. The second-order valence-corrected chi connectivity index (χ2v) is 5.18. The van der Waals surface area contributed by atoms with E-state index in [1.54, 1.807) is 4.90 Å². The van der Waals surface area contributed by atoms with E-state index in [0.717, 1.165) is 18.6 Å². The van der Waals surface area contributed by atoms with Crippen LogP contribution in [0.4, 0.5) is 24.5 Å². The van der Waals surface area contributed by atoms with E-state index in [2.05, 4.69) is 15.2 Å². The molecule has 7 nitrogen and oxygen atoms in total. The van der Waals surface area contributed by atoms with Gasteiger partial charge in [-0.25, -0.2) is 4.98 Å². The minimum Gasteiger partial charge on any atom is -0.356 e. The van der Waals surface area contributed by atoms with Crippen LogP contribution in [0.3, 0.4) is 0 Å². The fourth-order valence-corrected chi connectivity index (χ4v) is 2.80. The van der Waals surface area contributed by atoms with Crippen LogP contribution in [0.25, 0.3) is 0 Å². The number of aromatic amines is 1. The standard InChI is InChI=1S/C13H12F3N5O2/c14-13(15,16)8-3-4-9(11(6-8)21(22)23)20-5-1-2-10(20)12-17-7-18-19-12/h3-4,6-7,10H,1-2,5H2,(H,17,18,19). The fraction of sp³-hybridized carbons (Fsp3) is 0.385. The van der Waals surface area contributed by atoms with E-state index in [-0.39, 0.29) is 11.7 Å². The molecule has 10 heteroatoms. The first-order valence-corrected chi connectivity index (χ1v) is 6.85. The van der Waals surface area contributed by atoms with Crippen LogP contribution in [0, 0.1) is 10.1 Å². The summed E-state index contributed by atoms with van der Waals surface area (Å²) in [7, 11) is 0. The number of benzene rings is 1. The summed E-state index contributed by atoms with van der Waals surface area (Å²) in [5.41, 5.74) is -1.45. The first-order valence-electron chi connectivity index (χ1n) is 6.85. The Balaban J connectivity index is 2.03. The molecule has 0 spiro atoms. The average Bonchev–Trinajstić information content (AvgIpc) is 3.16. The van der Waals surface area contributed by atoms with Crippen LogP contribution < -0.4 is 4.90 Å². The number of alkyl halides is 3. The third-order valence-electron chi connectivity index (χ3n) is 3.81. The lowest BCUT2D eigenvalue weighted by atomic mass is 10.1. The largest absolute Gasteiger partial charge is 0.416 e. The van der Waals surface area contributed by atoms with Gasteiger partial charge in [0.25, 0.3) is 5.69 Å². The number of H-pyrrole nitrogens is 1. The molecular formula is C13H12F3N5O2. The van der Waals surface area contributed by atoms with Crippen molar-refractivity contribution < 1.29 is 18.1 Å². The minimum atomic E-state index is -4.63. The van der Waals surface area contributed by atoms with E-state index >= 15 is 0 Å². The first-order chi connectivity index (χ1) is 10.9. The molecule has 0 amide bonds. The molecule has 0 saturated carbocycles. The van der Waals surface area contributed by atoms with Gasteiger partial charge in [-0.05, 0) is 25.0 Å². The van der Waals surface area contributed by atoms with Gasteiger partial charge in [0.05, 0.1) is 16.5 Å². The molecule has 0 bridgehead atoms. The van der Waals surface area contributed by atoms with Crippen LogP contribution >= 0.6 is 0 Å². The lowest BCUT2D eigenvalue weighted by molar-refractivity contribution is -0.384. The molecule has 1 atom stereocenters. The predicted octanol–water partition coefficient (Wildman–Crippen LogP) is 3.07. The van der Waals surface area contributed by atoms with Gasteiger partial charge in [0.15, 0.2) is 0 Å². The normalized spacial score (nSPS) is 18.4. The Morgan fingerprint density at radius 1 is 1.39 bits per heavy atom. The lowest BCUT2D eigenvalue weighted by Gasteiger charge is -2.25. The highest BCUT2D eigenvalue weighted by Gasteiger charge is 2.36. The monoisotopic (exact) mass is 327 g/mol. The number of nitro benzene ring substituents is 1. The number of nitro groups is 1. The quantitative estimate of drug-likeness (QED) is 0.691. The summed E-state index contributed by atoms with van der Waals surface area (Å²) < 4.78 is 38.3. The lowest BCUT2D eigenvalue weighted by Crippen LogP contribution is -2.24. The minimum absolute atomic E-state index is 0.155. The summed E-state index contributed by atoms with van der Waals surface area (Å²) in [5, 5.41) is 17.7. The number of rotatable bonds is 3. The molecule has 3 rings (SSSR count). The van der Waals surface area contributed by atoms with Gasteiger partial charge in [-0.2, -0.15) is 18.3 Å². The zero-order chi connectivity index (χ0) is 16.6. The zero-order valence-electron chi connectivity index (χ0n) is 11.7. The van der Waals surface area contributed by atoms with Crippen molar-refractivity contribution in [3.63, 3.8) is 0 Å². The maximum absolute atomic E-state index is 12.8. The van der Waals surface area contributed by atoms with Gasteiger partial charge in [0.2, 0.25) is 0 Å². The number of anilines is 1. The second kappa shape index (κ2) is 5.52. The van der Waals surface area contributed by atoms with E-state index < -0.39 is 22.4 Å². The van der Waals surface area contributed by atoms with Crippen LogP contribution in [-0.4, -0.2) is 26.6 Å². The molecule has 1 fully saturated rings. The molecule has 0 aliphatic carbocycles. The number of aromatic nitrogens is 3. The van der Waals surface area contributed by atoms with E-state index in [1.165, 1.54) is 6.33 Å². The Morgan fingerprint density at radius 2 is 2.17 bits per heavy atom. The van der Waals surface area contributed by atoms with Crippen LogP contribution in [-0.2, 0) is 6.18 Å². The molecule has 0 radical (unpaired) electrons. The number of hydrogen-bond donors (Lipinski definition) is 1. The Bertz CT molecular complexity index is 717. The first kappa shape index (κ1) is 15.3. The van der Waals surface area contributed by atoms with Crippen molar-refractivity contribution in [1.82, 2.24) is 15.2 Å². The van der Waals surface area contributed by atoms with Gasteiger partial charge in [-0.15, -0.1) is 0 Å². The second-order valence-electron chi connectivity index (χ2n) is 5.18. The molecule has 1 N–H and O–H groups in total. The van der Waals surface area contributed by atoms with Gasteiger partial charge in [0.1, 0.15) is 17.8 Å². The smallest absolute Gasteiger partial charge is 0.356 e. The van der Waals surface area contributed by atoms with E-state index in [4.69, 9.17) is 0 Å². The molecule has 2 heterocycles. The van der Waals surface area contributed by atoms with Crippen molar-refractivity contribution in [1.29, 1.82) is 0 Å². The van der Waals surface area contributed by atoms with Crippen molar-refractivity contribution in [3.05, 3.63) is 46.0 Å². The summed E-state index contributed by atoms with van der Waals surface area (Å²) in [5.74, 6) is 0.539. The number of halogens is 3. The molecule has 2 aromatic rings. The van der Waals surface area contributed by atoms with Gasteiger partial charge < -0.3 is 4.90 Å². The van der Waals surface area contributed by atoms with Gasteiger partial charge >= 0.3 is 6.18 Å². The summed E-state index contributed by atoms with van der Waals surface area (Å²) >= 11 is 0. The highest BCUT2D eigenvalue weighted by Crippen LogP contribution is 2.41. The van der Waals surface area contributed by atoms with Crippen molar-refractivity contribution in [2.75, 3.05) is 11.4 Å². The van der Waals surface area contributed by atoms with Gasteiger partial charge in [-0.3, -0.25) is 15.2 Å². The highest BCUT2D eigenvalue weighted by molar-refractivity contribution is 5.66. The topological polar surface area (TPSA) is 87.9 Å². The Morgan fingerprint density at radius 3 is 2.78 bits per heavy atom. The van der Waals surface area contributed by atoms with Crippen molar-refractivity contribution in [3.8, 4) is 0 Å². The van der Waals surface area contributed by atoms with Crippen molar-refractivity contribution in [2.24, 2.45) is 0 Å². The summed E-state index contributed by atoms with van der Waals surface area (Å²) in [6, 6.07) is 2.31. The van der Waals surface area contributed by atoms with Crippen LogP contribution in [0.15, 0.2) is 24.5 Å². The summed E-state index contributed by atoms with van der Waals surface area (Å²) in [6.07, 6.45) is -1.86. The van der Waals surface area contributed by atoms with Crippen LogP contribution in [0.1, 0.15) is 30.3 Å². The van der Waals surface area contributed by atoms with E-state index in [0.29, 0.717) is 24.9 Å². The number of hydrogen-bond acceptors (Lipinski definition) is 5. The summed E-state index contributed by atoms with van der Waals surface area (Å²) in [6.45, 7) is 0.498. The fourth-order valence-electron chi connectivity index (χ4n) is 2.80. The van der Waals surface area contributed by atoms with Gasteiger partial charge in [0, 0.05) is 12.6 Å². The molecule has 1 unspecified atom stereocenters. The Hall–Kier alpha value is -2.65. The molecule has 23 heavy (non-hydrogen) atoms.